The zero-order valence-electron chi connectivity index (χ0n) is 8.68. The van der Waals surface area contributed by atoms with Crippen molar-refractivity contribution in [3.05, 3.63) is 10.0 Å². The first kappa shape index (κ1) is 12.1. The summed E-state index contributed by atoms with van der Waals surface area (Å²) in [5.41, 5.74) is 4.50. The molecule has 1 aliphatic heterocycles. The molecule has 8 heteroatoms. The molecule has 3 N–H and O–H groups in total. The average Bonchev–Trinajstić information content (AvgIpc) is 2.83. The lowest BCUT2D eigenvalue weighted by molar-refractivity contribution is -0.142. The van der Waals surface area contributed by atoms with Crippen molar-refractivity contribution in [2.75, 3.05) is 18.0 Å². The molecule has 17 heavy (non-hydrogen) atoms. The molecule has 0 aromatic carbocycles. The summed E-state index contributed by atoms with van der Waals surface area (Å²) in [5, 5.41) is 18.5. The topological polar surface area (TPSA) is 103 Å². The molecule has 0 bridgehead atoms. The molecule has 1 fully saturated rings. The number of nitrogens with two attached hydrogens (primary N) is 1. The Kier molecular flexibility index (Phi) is 2.95. The number of carbonyl (C=O) groups is 1. The highest BCUT2D eigenvalue weighted by molar-refractivity contribution is 7.16. The molecule has 1 aliphatic rings. The second-order valence-corrected chi connectivity index (χ2v) is 5.20. The Labute approximate surface area is 106 Å². The molecule has 0 spiro atoms. The van der Waals surface area contributed by atoms with Crippen LogP contribution in [0.15, 0.2) is 0 Å². The third-order valence-corrected chi connectivity index (χ3v) is 4.08. The van der Waals surface area contributed by atoms with Gasteiger partial charge in [0.15, 0.2) is 10.3 Å². The molecule has 1 aromatic heterocycles. The first-order chi connectivity index (χ1) is 7.96. The normalized spacial score (nSPS) is 23.7. The van der Waals surface area contributed by atoms with Gasteiger partial charge in [0.25, 0.3) is 0 Å². The van der Waals surface area contributed by atoms with Gasteiger partial charge < -0.3 is 15.7 Å². The summed E-state index contributed by atoms with van der Waals surface area (Å²) >= 11 is 6.90. The lowest BCUT2D eigenvalue weighted by Gasteiger charge is -2.19. The van der Waals surface area contributed by atoms with E-state index in [4.69, 9.17) is 27.7 Å². The van der Waals surface area contributed by atoms with Crippen LogP contribution in [0, 0.1) is 11.3 Å². The van der Waals surface area contributed by atoms with Gasteiger partial charge in [0.05, 0.1) is 0 Å². The molecule has 1 saturated heterocycles. The van der Waals surface area contributed by atoms with E-state index in [-0.39, 0.29) is 11.7 Å². The van der Waals surface area contributed by atoms with Crippen molar-refractivity contribution >= 4 is 34.0 Å². The smallest absolute Gasteiger partial charge is 0.325 e. The molecule has 1 atom stereocenters. The van der Waals surface area contributed by atoms with Gasteiger partial charge in [-0.05, 0) is 6.42 Å². The van der Waals surface area contributed by atoms with Crippen LogP contribution in [0.5, 0.6) is 0 Å². The van der Waals surface area contributed by atoms with Crippen LogP contribution in [0.25, 0.3) is 0 Å². The van der Waals surface area contributed by atoms with Crippen LogP contribution < -0.4 is 10.6 Å². The van der Waals surface area contributed by atoms with Gasteiger partial charge in [-0.2, -0.15) is 5.26 Å². The van der Waals surface area contributed by atoms with Crippen molar-refractivity contribution in [3.63, 3.8) is 0 Å². The zero-order valence-corrected chi connectivity index (χ0v) is 10.3. The second kappa shape index (κ2) is 4.14. The Morgan fingerprint density at radius 2 is 2.47 bits per heavy atom. The number of anilines is 1. The van der Waals surface area contributed by atoms with Crippen LogP contribution in [0.3, 0.4) is 0 Å². The Morgan fingerprint density at radius 1 is 1.76 bits per heavy atom. The number of hydrogen-bond donors (Lipinski definition) is 2. The fraction of sp³-hybridized carbons (Fsp3) is 0.444. The van der Waals surface area contributed by atoms with Gasteiger partial charge >= 0.3 is 5.97 Å². The molecule has 2 rings (SSSR count). The summed E-state index contributed by atoms with van der Waals surface area (Å²) in [6, 6.07) is 1.93. The first-order valence-electron chi connectivity index (χ1n) is 4.80. The van der Waals surface area contributed by atoms with E-state index < -0.39 is 11.5 Å². The fourth-order valence-corrected chi connectivity index (χ4v) is 2.73. The molecule has 0 aliphatic carbocycles. The van der Waals surface area contributed by atoms with Gasteiger partial charge in [0, 0.05) is 13.1 Å². The third-order valence-electron chi connectivity index (χ3n) is 2.67. The second-order valence-electron chi connectivity index (χ2n) is 3.86. The van der Waals surface area contributed by atoms with Gasteiger partial charge in [0.1, 0.15) is 16.5 Å². The number of aliphatic carboxylic acids is 1. The zero-order chi connectivity index (χ0) is 12.6. The van der Waals surface area contributed by atoms with E-state index in [2.05, 4.69) is 4.98 Å². The molecular formula is C9H9ClN4O2S. The predicted molar refractivity (Wildman–Crippen MR) is 63.2 cm³/mol. The highest BCUT2D eigenvalue weighted by Gasteiger charge is 2.42. The standard InChI is InChI=1S/C9H9ClN4O2S/c10-6-5(3-11)17-8(13-6)14-2-1-9(12,4-14)7(15)16/h1-2,4,12H2,(H,15,16). The molecule has 6 nitrogen and oxygen atoms in total. The Balaban J connectivity index is 2.21. The van der Waals surface area contributed by atoms with E-state index >= 15 is 0 Å². The van der Waals surface area contributed by atoms with Crippen molar-refractivity contribution < 1.29 is 9.90 Å². The Bertz CT molecular complexity index is 512. The Hall–Kier alpha value is -1.36. The number of carboxylic acids is 1. The van der Waals surface area contributed by atoms with Crippen LogP contribution in [0.4, 0.5) is 5.13 Å². The number of aromatic nitrogens is 1. The first-order valence-corrected chi connectivity index (χ1v) is 5.99. The number of thiazole rings is 1. The molecule has 1 aromatic rings. The van der Waals surface area contributed by atoms with Crippen LogP contribution in [-0.2, 0) is 4.79 Å². The summed E-state index contributed by atoms with van der Waals surface area (Å²) < 4.78 is 0. The van der Waals surface area contributed by atoms with E-state index in [0.717, 1.165) is 11.3 Å². The number of carboxylic acid groups (broad SMARTS) is 1. The average molecular weight is 273 g/mol. The van der Waals surface area contributed by atoms with Crippen molar-refractivity contribution in [1.82, 2.24) is 4.98 Å². The van der Waals surface area contributed by atoms with Crippen molar-refractivity contribution in [2.24, 2.45) is 5.73 Å². The molecule has 0 radical (unpaired) electrons. The summed E-state index contributed by atoms with van der Waals surface area (Å²) in [5.74, 6) is -1.02. The molecule has 0 saturated carbocycles. The van der Waals surface area contributed by atoms with E-state index in [1.807, 2.05) is 6.07 Å². The van der Waals surface area contributed by atoms with Crippen LogP contribution in [-0.4, -0.2) is 34.7 Å². The number of rotatable bonds is 2. The predicted octanol–water partition coefficient (Wildman–Crippen LogP) is 0.660. The lowest BCUT2D eigenvalue weighted by Crippen LogP contribution is -2.50. The molecule has 0 amide bonds. The summed E-state index contributed by atoms with van der Waals surface area (Å²) in [6.07, 6.45) is 0.349. The SMILES string of the molecule is N#Cc1sc(N2CCC(N)(C(=O)O)C2)nc1Cl. The largest absolute Gasteiger partial charge is 0.480 e. The highest BCUT2D eigenvalue weighted by Crippen LogP contribution is 2.32. The van der Waals surface area contributed by atoms with Gasteiger partial charge in [-0.15, -0.1) is 0 Å². The van der Waals surface area contributed by atoms with E-state index in [1.54, 1.807) is 4.90 Å². The molecular weight excluding hydrogens is 264 g/mol. The van der Waals surface area contributed by atoms with Crippen molar-refractivity contribution in [2.45, 2.75) is 12.0 Å². The maximum Gasteiger partial charge on any atom is 0.325 e. The summed E-state index contributed by atoms with van der Waals surface area (Å²) in [6.45, 7) is 0.675. The van der Waals surface area contributed by atoms with E-state index in [0.29, 0.717) is 23.0 Å². The highest BCUT2D eigenvalue weighted by atomic mass is 35.5. The van der Waals surface area contributed by atoms with Crippen LogP contribution in [0.1, 0.15) is 11.3 Å². The number of halogens is 1. The number of nitrogens with zero attached hydrogens (tertiary/aromatic N) is 3. The van der Waals surface area contributed by atoms with Gasteiger partial charge in [-0.3, -0.25) is 4.79 Å². The van der Waals surface area contributed by atoms with Crippen molar-refractivity contribution in [3.8, 4) is 6.07 Å². The number of nitriles is 1. The minimum atomic E-state index is -1.25. The maximum atomic E-state index is 11.0. The van der Waals surface area contributed by atoms with Gasteiger partial charge in [-0.1, -0.05) is 22.9 Å². The fourth-order valence-electron chi connectivity index (χ4n) is 1.67. The molecule has 90 valence electrons. The van der Waals surface area contributed by atoms with E-state index in [9.17, 15) is 4.79 Å². The minimum Gasteiger partial charge on any atom is -0.480 e. The molecule has 2 heterocycles. The summed E-state index contributed by atoms with van der Waals surface area (Å²) in [7, 11) is 0. The monoisotopic (exact) mass is 272 g/mol. The van der Waals surface area contributed by atoms with E-state index in [1.165, 1.54) is 0 Å². The lowest BCUT2D eigenvalue weighted by atomic mass is 10.0. The quantitative estimate of drug-likeness (QED) is 0.820. The minimum absolute atomic E-state index is 0.150. The van der Waals surface area contributed by atoms with Gasteiger partial charge in [-0.25, -0.2) is 4.98 Å². The van der Waals surface area contributed by atoms with Crippen molar-refractivity contribution in [1.29, 1.82) is 5.26 Å². The molecule has 1 unspecified atom stereocenters. The summed E-state index contributed by atoms with van der Waals surface area (Å²) in [4.78, 5) is 17.1. The van der Waals surface area contributed by atoms with Gasteiger partial charge in [0.2, 0.25) is 0 Å². The third kappa shape index (κ3) is 2.07. The van der Waals surface area contributed by atoms with Crippen LogP contribution in [0.2, 0.25) is 5.15 Å². The maximum absolute atomic E-state index is 11.0. The number of hydrogen-bond acceptors (Lipinski definition) is 6. The van der Waals surface area contributed by atoms with Crippen LogP contribution >= 0.6 is 22.9 Å². The Morgan fingerprint density at radius 3 is 2.94 bits per heavy atom.